The molecule has 1 atom stereocenters. The first kappa shape index (κ1) is 18.9. The topological polar surface area (TPSA) is 35.6 Å². The summed E-state index contributed by atoms with van der Waals surface area (Å²) in [5.41, 5.74) is 1.06. The maximum atomic E-state index is 12.9. The lowest BCUT2D eigenvalue weighted by molar-refractivity contribution is -0.132. The Bertz CT molecular complexity index is 463. The largest absolute Gasteiger partial charge is 0.340 e. The average Bonchev–Trinajstić information content (AvgIpc) is 2.53. The van der Waals surface area contributed by atoms with Gasteiger partial charge in [0, 0.05) is 45.2 Å². The third-order valence-corrected chi connectivity index (χ3v) is 4.16. The first-order chi connectivity index (χ1) is 10.1. The van der Waals surface area contributed by atoms with Crippen LogP contribution in [0.2, 0.25) is 0 Å². The van der Waals surface area contributed by atoms with E-state index in [-0.39, 0.29) is 30.2 Å². The minimum absolute atomic E-state index is 0. The van der Waals surface area contributed by atoms with Gasteiger partial charge < -0.3 is 10.2 Å². The molecule has 1 aliphatic heterocycles. The summed E-state index contributed by atoms with van der Waals surface area (Å²) < 4.78 is 12.9. The van der Waals surface area contributed by atoms with E-state index >= 15 is 0 Å². The van der Waals surface area contributed by atoms with Crippen molar-refractivity contribution in [1.29, 1.82) is 0 Å². The third-order valence-electron chi connectivity index (χ3n) is 4.16. The number of hydrogen-bond donors (Lipinski definition) is 1. The van der Waals surface area contributed by atoms with Gasteiger partial charge in [0.25, 0.3) is 0 Å². The zero-order chi connectivity index (χ0) is 15.2. The highest BCUT2D eigenvalue weighted by Gasteiger charge is 2.18. The molecule has 0 aromatic heterocycles. The highest BCUT2D eigenvalue weighted by molar-refractivity contribution is 5.85. The summed E-state index contributed by atoms with van der Waals surface area (Å²) in [6.45, 7) is 6.15. The Morgan fingerprint density at radius 3 is 2.50 bits per heavy atom. The van der Waals surface area contributed by atoms with Crippen LogP contribution in [0.25, 0.3) is 0 Å². The van der Waals surface area contributed by atoms with Crippen LogP contribution in [0, 0.1) is 5.82 Å². The van der Waals surface area contributed by atoms with Crippen LogP contribution in [0.3, 0.4) is 0 Å². The molecule has 0 aliphatic carbocycles. The van der Waals surface area contributed by atoms with E-state index in [1.807, 2.05) is 11.9 Å². The maximum absolute atomic E-state index is 12.9. The molecular formula is C16H25ClFN3O. The van der Waals surface area contributed by atoms with Crippen LogP contribution in [-0.4, -0.2) is 55.5 Å². The van der Waals surface area contributed by atoms with Gasteiger partial charge in [-0.25, -0.2) is 4.39 Å². The SMILES string of the molecule is CC(c1ccc(F)cc1)N(C)CCC(=O)N1CCNCC1.Cl. The Morgan fingerprint density at radius 1 is 1.32 bits per heavy atom. The number of halogens is 2. The molecule has 1 fully saturated rings. The van der Waals surface area contributed by atoms with Gasteiger partial charge in [-0.3, -0.25) is 9.69 Å². The normalized spacial score (nSPS) is 16.3. The second-order valence-corrected chi connectivity index (χ2v) is 5.59. The van der Waals surface area contributed by atoms with Crippen LogP contribution in [0.5, 0.6) is 0 Å². The molecule has 1 unspecified atom stereocenters. The van der Waals surface area contributed by atoms with E-state index < -0.39 is 0 Å². The summed E-state index contributed by atoms with van der Waals surface area (Å²) in [7, 11) is 2.00. The fraction of sp³-hybridized carbons (Fsp3) is 0.562. The van der Waals surface area contributed by atoms with Gasteiger partial charge in [-0.15, -0.1) is 12.4 Å². The Hall–Kier alpha value is -1.17. The number of carbonyl (C=O) groups is 1. The summed E-state index contributed by atoms with van der Waals surface area (Å²) in [6.07, 6.45) is 0.530. The van der Waals surface area contributed by atoms with Gasteiger partial charge in [0.2, 0.25) is 5.91 Å². The number of rotatable bonds is 5. The number of amides is 1. The van der Waals surface area contributed by atoms with Gasteiger partial charge in [-0.1, -0.05) is 12.1 Å². The van der Waals surface area contributed by atoms with Crippen LogP contribution >= 0.6 is 12.4 Å². The van der Waals surface area contributed by atoms with Crippen molar-refractivity contribution in [2.45, 2.75) is 19.4 Å². The summed E-state index contributed by atoms with van der Waals surface area (Å²) >= 11 is 0. The van der Waals surface area contributed by atoms with E-state index in [0.717, 1.165) is 31.7 Å². The first-order valence-corrected chi connectivity index (χ1v) is 7.52. The van der Waals surface area contributed by atoms with Crippen LogP contribution in [0.4, 0.5) is 4.39 Å². The lowest BCUT2D eigenvalue weighted by Gasteiger charge is -2.29. The monoisotopic (exact) mass is 329 g/mol. The van der Waals surface area contributed by atoms with Crippen LogP contribution in [-0.2, 0) is 4.79 Å². The van der Waals surface area contributed by atoms with Crippen molar-refractivity contribution in [3.8, 4) is 0 Å². The van der Waals surface area contributed by atoms with Gasteiger partial charge in [0.05, 0.1) is 0 Å². The quantitative estimate of drug-likeness (QED) is 0.898. The zero-order valence-corrected chi connectivity index (χ0v) is 14.0. The summed E-state index contributed by atoms with van der Waals surface area (Å²) in [6, 6.07) is 6.72. The van der Waals surface area contributed by atoms with Crippen molar-refractivity contribution in [3.05, 3.63) is 35.6 Å². The Morgan fingerprint density at radius 2 is 1.91 bits per heavy atom. The lowest BCUT2D eigenvalue weighted by atomic mass is 10.1. The standard InChI is InChI=1S/C16H24FN3O.ClH/c1-13(14-3-5-15(17)6-4-14)19(2)10-7-16(21)20-11-8-18-9-12-20;/h3-6,13,18H,7-12H2,1-2H3;1H. The minimum atomic E-state index is -0.220. The molecule has 2 rings (SSSR count). The molecule has 1 N–H and O–H groups in total. The van der Waals surface area contributed by atoms with Gasteiger partial charge in [-0.2, -0.15) is 0 Å². The molecule has 1 heterocycles. The number of nitrogens with one attached hydrogen (secondary N) is 1. The highest BCUT2D eigenvalue weighted by Crippen LogP contribution is 2.19. The molecule has 0 spiro atoms. The molecule has 4 nitrogen and oxygen atoms in total. The van der Waals surface area contributed by atoms with Crippen LogP contribution in [0.15, 0.2) is 24.3 Å². The predicted molar refractivity (Wildman–Crippen MR) is 88.8 cm³/mol. The van der Waals surface area contributed by atoms with Crippen LogP contribution in [0.1, 0.15) is 24.9 Å². The molecule has 6 heteroatoms. The molecular weight excluding hydrogens is 305 g/mol. The molecule has 1 saturated heterocycles. The van der Waals surface area contributed by atoms with Crippen molar-refractivity contribution in [1.82, 2.24) is 15.1 Å². The second-order valence-electron chi connectivity index (χ2n) is 5.59. The molecule has 0 radical (unpaired) electrons. The maximum Gasteiger partial charge on any atom is 0.223 e. The van der Waals surface area contributed by atoms with E-state index in [9.17, 15) is 9.18 Å². The molecule has 0 bridgehead atoms. The van der Waals surface area contributed by atoms with Gasteiger partial charge in [-0.05, 0) is 31.7 Å². The Balaban J connectivity index is 0.00000242. The molecule has 22 heavy (non-hydrogen) atoms. The Labute approximate surface area is 138 Å². The van der Waals surface area contributed by atoms with Gasteiger partial charge >= 0.3 is 0 Å². The molecule has 1 aromatic carbocycles. The Kier molecular flexibility index (Phi) is 7.79. The smallest absolute Gasteiger partial charge is 0.223 e. The minimum Gasteiger partial charge on any atom is -0.340 e. The van der Waals surface area contributed by atoms with E-state index in [1.54, 1.807) is 12.1 Å². The van der Waals surface area contributed by atoms with Crippen molar-refractivity contribution < 1.29 is 9.18 Å². The number of carbonyl (C=O) groups excluding carboxylic acids is 1. The second kappa shape index (κ2) is 9.08. The summed E-state index contributed by atoms with van der Waals surface area (Å²) in [5, 5.41) is 3.24. The average molecular weight is 330 g/mol. The van der Waals surface area contributed by atoms with Crippen molar-refractivity contribution >= 4 is 18.3 Å². The van der Waals surface area contributed by atoms with Crippen LogP contribution < -0.4 is 5.32 Å². The van der Waals surface area contributed by atoms with E-state index in [1.165, 1.54) is 12.1 Å². The summed E-state index contributed by atoms with van der Waals surface area (Å²) in [4.78, 5) is 16.2. The third kappa shape index (κ3) is 5.23. The lowest BCUT2D eigenvalue weighted by Crippen LogP contribution is -2.47. The molecule has 1 amide bonds. The molecule has 0 saturated carbocycles. The predicted octanol–water partition coefficient (Wildman–Crippen LogP) is 2.06. The zero-order valence-electron chi connectivity index (χ0n) is 13.2. The highest BCUT2D eigenvalue weighted by atomic mass is 35.5. The van der Waals surface area contributed by atoms with Crippen molar-refractivity contribution in [2.24, 2.45) is 0 Å². The van der Waals surface area contributed by atoms with E-state index in [4.69, 9.17) is 0 Å². The number of nitrogens with zero attached hydrogens (tertiary/aromatic N) is 2. The molecule has 124 valence electrons. The molecule has 1 aromatic rings. The first-order valence-electron chi connectivity index (χ1n) is 7.52. The van der Waals surface area contributed by atoms with E-state index in [0.29, 0.717) is 13.0 Å². The number of benzene rings is 1. The van der Waals surface area contributed by atoms with Crippen molar-refractivity contribution in [3.63, 3.8) is 0 Å². The molecule has 1 aliphatic rings. The fourth-order valence-corrected chi connectivity index (χ4v) is 2.53. The number of piperazine rings is 1. The van der Waals surface area contributed by atoms with Gasteiger partial charge in [0.15, 0.2) is 0 Å². The van der Waals surface area contributed by atoms with Gasteiger partial charge in [0.1, 0.15) is 5.82 Å². The van der Waals surface area contributed by atoms with Crippen molar-refractivity contribution in [2.75, 3.05) is 39.8 Å². The number of hydrogen-bond acceptors (Lipinski definition) is 3. The van der Waals surface area contributed by atoms with E-state index in [2.05, 4.69) is 17.1 Å². The fourth-order valence-electron chi connectivity index (χ4n) is 2.53. The summed E-state index contributed by atoms with van der Waals surface area (Å²) in [5.74, 6) is -0.00264.